The first-order valence-corrected chi connectivity index (χ1v) is 10.6. The Morgan fingerprint density at radius 2 is 1.41 bits per heavy atom. The van der Waals surface area contributed by atoms with E-state index in [9.17, 15) is 22.8 Å². The molecule has 0 radical (unpaired) electrons. The van der Waals surface area contributed by atoms with E-state index in [1.807, 2.05) is 31.2 Å². The molecular formula is C24H28F3N3O2. The first kappa shape index (κ1) is 23.6. The van der Waals surface area contributed by atoms with Gasteiger partial charge < -0.3 is 15.5 Å². The molecule has 0 aliphatic carbocycles. The fourth-order valence-electron chi connectivity index (χ4n) is 3.61. The second-order valence-corrected chi connectivity index (χ2v) is 8.78. The molecule has 3 amide bonds. The van der Waals surface area contributed by atoms with E-state index in [-0.39, 0.29) is 5.91 Å². The second-order valence-electron chi connectivity index (χ2n) is 8.78. The molecule has 2 aromatic rings. The highest BCUT2D eigenvalue weighted by Gasteiger charge is 2.38. The normalized spacial score (nSPS) is 16.0. The van der Waals surface area contributed by atoms with Crippen molar-refractivity contribution in [3.8, 4) is 0 Å². The maximum atomic E-state index is 12.9. The number of rotatable bonds is 4. The van der Waals surface area contributed by atoms with Gasteiger partial charge in [-0.05, 0) is 60.7 Å². The van der Waals surface area contributed by atoms with Crippen LogP contribution in [0.3, 0.4) is 0 Å². The molecular weight excluding hydrogens is 419 g/mol. The maximum Gasteiger partial charge on any atom is 0.416 e. The fraction of sp³-hybridized carbons (Fsp3) is 0.417. The SMILES string of the molecule is CC(C)c1ccc(NC(=O)C2(C)CCN(C(=O)Nc3ccc(C(F)(F)F)cc3)CC2)cc1. The minimum Gasteiger partial charge on any atom is -0.326 e. The number of alkyl halides is 3. The number of urea groups is 1. The van der Waals surface area contributed by atoms with Crippen molar-refractivity contribution in [1.82, 2.24) is 4.90 Å². The van der Waals surface area contributed by atoms with Crippen molar-refractivity contribution in [1.29, 1.82) is 0 Å². The third-order valence-corrected chi connectivity index (χ3v) is 6.00. The van der Waals surface area contributed by atoms with E-state index >= 15 is 0 Å². The van der Waals surface area contributed by atoms with E-state index in [1.165, 1.54) is 17.7 Å². The third kappa shape index (κ3) is 5.60. The Kier molecular flexibility index (Phi) is 6.81. The summed E-state index contributed by atoms with van der Waals surface area (Å²) in [5, 5.41) is 5.59. The number of nitrogens with zero attached hydrogens (tertiary/aromatic N) is 1. The van der Waals surface area contributed by atoms with E-state index in [0.717, 1.165) is 17.8 Å². The van der Waals surface area contributed by atoms with E-state index < -0.39 is 23.2 Å². The molecule has 2 aromatic carbocycles. The quantitative estimate of drug-likeness (QED) is 0.595. The van der Waals surface area contributed by atoms with E-state index in [4.69, 9.17) is 0 Å². The molecule has 2 N–H and O–H groups in total. The molecule has 32 heavy (non-hydrogen) atoms. The Morgan fingerprint density at radius 3 is 1.91 bits per heavy atom. The fourth-order valence-corrected chi connectivity index (χ4v) is 3.61. The van der Waals surface area contributed by atoms with Crippen molar-refractivity contribution in [2.75, 3.05) is 23.7 Å². The van der Waals surface area contributed by atoms with Gasteiger partial charge in [-0.3, -0.25) is 4.79 Å². The number of nitrogens with one attached hydrogen (secondary N) is 2. The topological polar surface area (TPSA) is 61.4 Å². The highest BCUT2D eigenvalue weighted by molar-refractivity contribution is 5.95. The summed E-state index contributed by atoms with van der Waals surface area (Å²) < 4.78 is 38.0. The number of likely N-dealkylation sites (tertiary alicyclic amines) is 1. The molecule has 5 nitrogen and oxygen atoms in total. The molecule has 0 bridgehead atoms. The van der Waals surface area contributed by atoms with Crippen molar-refractivity contribution in [3.05, 3.63) is 59.7 Å². The van der Waals surface area contributed by atoms with Gasteiger partial charge in [-0.2, -0.15) is 13.2 Å². The van der Waals surface area contributed by atoms with Crippen molar-refractivity contribution in [2.45, 2.75) is 45.7 Å². The number of benzene rings is 2. The molecule has 0 aromatic heterocycles. The van der Waals surface area contributed by atoms with Crippen molar-refractivity contribution in [3.63, 3.8) is 0 Å². The molecule has 8 heteroatoms. The molecule has 1 aliphatic heterocycles. The predicted octanol–water partition coefficient (Wildman–Crippen LogP) is 6.10. The molecule has 1 aliphatic rings. The second kappa shape index (κ2) is 9.22. The van der Waals surface area contributed by atoms with Gasteiger partial charge in [0.15, 0.2) is 0 Å². The van der Waals surface area contributed by atoms with Gasteiger partial charge in [0.05, 0.1) is 11.0 Å². The standard InChI is InChI=1S/C24H28F3N3O2/c1-16(2)17-4-8-19(9-5-17)28-21(31)23(3)12-14-30(15-13-23)22(32)29-20-10-6-18(7-11-20)24(25,26)27/h4-11,16H,12-15H2,1-3H3,(H,28,31)(H,29,32). The average Bonchev–Trinajstić information content (AvgIpc) is 2.74. The molecule has 1 saturated heterocycles. The van der Waals surface area contributed by atoms with Gasteiger partial charge in [0, 0.05) is 24.5 Å². The number of hydrogen-bond acceptors (Lipinski definition) is 2. The number of carbonyl (C=O) groups excluding carboxylic acids is 2. The van der Waals surface area contributed by atoms with Crippen LogP contribution in [0.4, 0.5) is 29.3 Å². The van der Waals surface area contributed by atoms with Gasteiger partial charge in [-0.15, -0.1) is 0 Å². The Balaban J connectivity index is 1.53. The van der Waals surface area contributed by atoms with E-state index in [1.54, 1.807) is 4.90 Å². The predicted molar refractivity (Wildman–Crippen MR) is 119 cm³/mol. The summed E-state index contributed by atoms with van der Waals surface area (Å²) in [7, 11) is 0. The van der Waals surface area contributed by atoms with Crippen molar-refractivity contribution < 1.29 is 22.8 Å². The summed E-state index contributed by atoms with van der Waals surface area (Å²) in [6.45, 7) is 6.85. The van der Waals surface area contributed by atoms with Crippen LogP contribution in [-0.2, 0) is 11.0 Å². The Bertz CT molecular complexity index is 946. The van der Waals surface area contributed by atoms with Crippen molar-refractivity contribution >= 4 is 23.3 Å². The number of halogens is 3. The summed E-state index contributed by atoms with van der Waals surface area (Å²) in [6, 6.07) is 11.7. The zero-order valence-electron chi connectivity index (χ0n) is 18.4. The van der Waals surface area contributed by atoms with Gasteiger partial charge in [-0.1, -0.05) is 32.9 Å². The van der Waals surface area contributed by atoms with Gasteiger partial charge in [0.2, 0.25) is 5.91 Å². The van der Waals surface area contributed by atoms with Crippen LogP contribution in [0.25, 0.3) is 0 Å². The lowest BCUT2D eigenvalue weighted by Gasteiger charge is -2.38. The monoisotopic (exact) mass is 447 g/mol. The van der Waals surface area contributed by atoms with Gasteiger partial charge >= 0.3 is 12.2 Å². The van der Waals surface area contributed by atoms with Gasteiger partial charge in [0.25, 0.3) is 0 Å². The third-order valence-electron chi connectivity index (χ3n) is 6.00. The number of hydrogen-bond donors (Lipinski definition) is 2. The van der Waals surface area contributed by atoms with Crippen LogP contribution < -0.4 is 10.6 Å². The number of piperidine rings is 1. The molecule has 0 saturated carbocycles. The molecule has 0 unspecified atom stereocenters. The molecule has 3 rings (SSSR count). The number of carbonyl (C=O) groups is 2. The summed E-state index contributed by atoms with van der Waals surface area (Å²) in [6.07, 6.45) is -3.44. The molecule has 0 atom stereocenters. The Labute approximate surface area is 186 Å². The first-order valence-electron chi connectivity index (χ1n) is 10.6. The largest absolute Gasteiger partial charge is 0.416 e. The van der Waals surface area contributed by atoms with Crippen LogP contribution in [-0.4, -0.2) is 29.9 Å². The lowest BCUT2D eigenvalue weighted by Crippen LogP contribution is -2.48. The summed E-state index contributed by atoms with van der Waals surface area (Å²) in [4.78, 5) is 26.9. The first-order chi connectivity index (χ1) is 15.0. The Morgan fingerprint density at radius 1 is 0.906 bits per heavy atom. The van der Waals surface area contributed by atoms with Crippen LogP contribution in [0.1, 0.15) is 50.7 Å². The lowest BCUT2D eigenvalue weighted by atomic mass is 9.79. The van der Waals surface area contributed by atoms with Crippen LogP contribution in [0.15, 0.2) is 48.5 Å². The number of anilines is 2. The van der Waals surface area contributed by atoms with Gasteiger partial charge in [0.1, 0.15) is 0 Å². The summed E-state index contributed by atoms with van der Waals surface area (Å²) >= 11 is 0. The molecule has 1 fully saturated rings. The van der Waals surface area contributed by atoms with Crippen LogP contribution in [0, 0.1) is 5.41 Å². The molecule has 172 valence electrons. The van der Waals surface area contributed by atoms with E-state index in [0.29, 0.717) is 37.5 Å². The molecule has 1 heterocycles. The minimum absolute atomic E-state index is 0.0856. The smallest absolute Gasteiger partial charge is 0.326 e. The zero-order valence-corrected chi connectivity index (χ0v) is 18.4. The Hall–Kier alpha value is -3.03. The zero-order chi connectivity index (χ0) is 23.5. The van der Waals surface area contributed by atoms with Gasteiger partial charge in [-0.25, -0.2) is 4.79 Å². The lowest BCUT2D eigenvalue weighted by molar-refractivity contribution is -0.137. The summed E-state index contributed by atoms with van der Waals surface area (Å²) in [5.41, 5.74) is 0.847. The minimum atomic E-state index is -4.42. The van der Waals surface area contributed by atoms with Crippen molar-refractivity contribution in [2.24, 2.45) is 5.41 Å². The maximum absolute atomic E-state index is 12.9. The average molecular weight is 448 g/mol. The summed E-state index contributed by atoms with van der Waals surface area (Å²) in [5.74, 6) is 0.327. The van der Waals surface area contributed by atoms with Crippen LogP contribution in [0.2, 0.25) is 0 Å². The number of amides is 3. The van der Waals surface area contributed by atoms with E-state index in [2.05, 4.69) is 24.5 Å². The van der Waals surface area contributed by atoms with Crippen LogP contribution >= 0.6 is 0 Å². The molecule has 0 spiro atoms. The highest BCUT2D eigenvalue weighted by atomic mass is 19.4. The van der Waals surface area contributed by atoms with Crippen LogP contribution in [0.5, 0.6) is 0 Å². The highest BCUT2D eigenvalue weighted by Crippen LogP contribution is 2.33.